The van der Waals surface area contributed by atoms with Crippen molar-refractivity contribution in [3.05, 3.63) is 100 Å². The fraction of sp³-hybridized carbons (Fsp3) is 0.179. The third-order valence-corrected chi connectivity index (χ3v) is 6.13. The predicted octanol–water partition coefficient (Wildman–Crippen LogP) is 6.47. The number of hydrogen-bond acceptors (Lipinski definition) is 3. The monoisotopic (exact) mass is 423 g/mol. The summed E-state index contributed by atoms with van der Waals surface area (Å²) in [4.78, 5) is 13.1. The van der Waals surface area contributed by atoms with Gasteiger partial charge in [0.15, 0.2) is 5.76 Å². The molecule has 5 rings (SSSR count). The van der Waals surface area contributed by atoms with Gasteiger partial charge < -0.3 is 14.0 Å². The van der Waals surface area contributed by atoms with Crippen molar-refractivity contribution in [2.24, 2.45) is 0 Å². The normalized spacial score (nSPS) is 14.1. The summed E-state index contributed by atoms with van der Waals surface area (Å²) in [5.41, 5.74) is 5.87. The zero-order valence-electron chi connectivity index (χ0n) is 18.5. The van der Waals surface area contributed by atoms with Crippen molar-refractivity contribution < 1.29 is 14.3 Å². The Hall–Kier alpha value is -3.79. The number of para-hydroxylation sites is 1. The van der Waals surface area contributed by atoms with Crippen LogP contribution >= 0.6 is 0 Å². The summed E-state index contributed by atoms with van der Waals surface area (Å²) >= 11 is 0. The molecule has 2 heterocycles. The van der Waals surface area contributed by atoms with E-state index in [1.54, 1.807) is 6.07 Å². The number of carbonyl (C=O) groups excluding carboxylic acids is 1. The first-order valence-corrected chi connectivity index (χ1v) is 10.9. The molecule has 1 aliphatic heterocycles. The highest BCUT2D eigenvalue weighted by molar-refractivity contribution is 6.15. The molecule has 0 atom stereocenters. The molecule has 3 aromatic carbocycles. The van der Waals surface area contributed by atoms with Crippen LogP contribution in [0, 0.1) is 13.8 Å². The van der Waals surface area contributed by atoms with Crippen molar-refractivity contribution in [1.29, 1.82) is 0 Å². The Kier molecular flexibility index (Phi) is 5.06. The molecule has 0 saturated carbocycles. The largest absolute Gasteiger partial charge is 0.488 e. The van der Waals surface area contributed by atoms with Crippen molar-refractivity contribution in [1.82, 2.24) is 4.57 Å². The van der Waals surface area contributed by atoms with Crippen LogP contribution in [0.3, 0.4) is 0 Å². The van der Waals surface area contributed by atoms with Gasteiger partial charge in [-0.25, -0.2) is 0 Å². The number of allylic oxidation sites excluding steroid dienone is 1. The molecule has 0 radical (unpaired) electrons. The van der Waals surface area contributed by atoms with Crippen LogP contribution in [0.2, 0.25) is 0 Å². The minimum absolute atomic E-state index is 0.0955. The van der Waals surface area contributed by atoms with Crippen molar-refractivity contribution in [2.75, 3.05) is 0 Å². The molecular weight excluding hydrogens is 398 g/mol. The molecule has 0 amide bonds. The van der Waals surface area contributed by atoms with Gasteiger partial charge in [-0.05, 0) is 56.2 Å². The Labute approximate surface area is 187 Å². The van der Waals surface area contributed by atoms with Crippen molar-refractivity contribution in [3.63, 3.8) is 0 Å². The zero-order chi connectivity index (χ0) is 22.2. The second kappa shape index (κ2) is 8.04. The first-order valence-electron chi connectivity index (χ1n) is 10.9. The lowest BCUT2D eigenvalue weighted by Crippen LogP contribution is -2.00. The topological polar surface area (TPSA) is 40.5 Å². The number of nitrogens with zero attached hydrogens (tertiary/aromatic N) is 1. The average Bonchev–Trinajstić information content (AvgIpc) is 3.33. The smallest absolute Gasteiger partial charge is 0.231 e. The van der Waals surface area contributed by atoms with Gasteiger partial charge in [-0.3, -0.25) is 4.79 Å². The Balaban J connectivity index is 1.45. The third kappa shape index (κ3) is 3.38. The number of hydrogen-bond donors (Lipinski definition) is 0. The molecule has 160 valence electrons. The number of rotatable bonds is 5. The molecule has 4 heteroatoms. The number of Topliss-reactive ketones (excluding diaryl/α,β-unsaturated/α-hetero) is 1. The second-order valence-electron chi connectivity index (χ2n) is 8.11. The molecule has 32 heavy (non-hydrogen) atoms. The molecule has 0 saturated heterocycles. The van der Waals surface area contributed by atoms with Gasteiger partial charge in [0.1, 0.15) is 18.1 Å². The highest BCUT2D eigenvalue weighted by atomic mass is 16.5. The maximum atomic E-state index is 13.1. The van der Waals surface area contributed by atoms with Crippen molar-refractivity contribution in [3.8, 4) is 11.5 Å². The van der Waals surface area contributed by atoms with Gasteiger partial charge >= 0.3 is 0 Å². The summed E-state index contributed by atoms with van der Waals surface area (Å²) in [6, 6.07) is 20.0. The third-order valence-electron chi connectivity index (χ3n) is 6.13. The molecule has 0 fully saturated rings. The van der Waals surface area contributed by atoms with E-state index in [9.17, 15) is 4.79 Å². The van der Waals surface area contributed by atoms with Crippen LogP contribution in [0.5, 0.6) is 11.5 Å². The number of carbonyl (C=O) groups is 1. The molecule has 0 unspecified atom stereocenters. The molecule has 0 aliphatic carbocycles. The highest BCUT2D eigenvalue weighted by Gasteiger charge is 2.30. The summed E-state index contributed by atoms with van der Waals surface area (Å²) in [5, 5.41) is 1.10. The average molecular weight is 424 g/mol. The van der Waals surface area contributed by atoms with E-state index in [0.29, 0.717) is 23.7 Å². The van der Waals surface area contributed by atoms with E-state index in [4.69, 9.17) is 9.47 Å². The Morgan fingerprint density at radius 1 is 1.00 bits per heavy atom. The quantitative estimate of drug-likeness (QED) is 0.345. The molecular formula is C28H25NO3. The molecule has 4 nitrogen and oxygen atoms in total. The number of aryl methyl sites for hydroxylation is 2. The number of ketones is 1. The Morgan fingerprint density at radius 3 is 2.59 bits per heavy atom. The van der Waals surface area contributed by atoms with Gasteiger partial charge in [0.05, 0.1) is 5.56 Å². The molecule has 1 aromatic heterocycles. The Bertz CT molecular complexity index is 1380. The fourth-order valence-corrected chi connectivity index (χ4v) is 4.24. The lowest BCUT2D eigenvalue weighted by molar-refractivity contribution is 0.101. The summed E-state index contributed by atoms with van der Waals surface area (Å²) in [5.74, 6) is 1.56. The van der Waals surface area contributed by atoms with E-state index >= 15 is 0 Å². The number of ether oxygens (including phenoxy) is 2. The minimum atomic E-state index is -0.0955. The van der Waals surface area contributed by atoms with Crippen LogP contribution in [0.1, 0.15) is 39.5 Å². The zero-order valence-corrected chi connectivity index (χ0v) is 18.5. The Morgan fingerprint density at radius 2 is 1.78 bits per heavy atom. The van der Waals surface area contributed by atoms with E-state index in [1.807, 2.05) is 43.3 Å². The maximum absolute atomic E-state index is 13.1. The number of aromatic nitrogens is 1. The van der Waals surface area contributed by atoms with Crippen LogP contribution in [-0.2, 0) is 13.2 Å². The fourth-order valence-electron chi connectivity index (χ4n) is 4.24. The summed E-state index contributed by atoms with van der Waals surface area (Å²) in [6.45, 7) is 7.45. The minimum Gasteiger partial charge on any atom is -0.488 e. The van der Waals surface area contributed by atoms with Gasteiger partial charge in [0, 0.05) is 34.8 Å². The van der Waals surface area contributed by atoms with Crippen molar-refractivity contribution >= 4 is 22.8 Å². The van der Waals surface area contributed by atoms with Gasteiger partial charge in [0.2, 0.25) is 5.78 Å². The van der Waals surface area contributed by atoms with Gasteiger partial charge in [-0.2, -0.15) is 0 Å². The van der Waals surface area contributed by atoms with Gasteiger partial charge in [-0.1, -0.05) is 42.5 Å². The van der Waals surface area contributed by atoms with Gasteiger partial charge in [0.25, 0.3) is 0 Å². The van der Waals surface area contributed by atoms with E-state index in [1.165, 1.54) is 5.56 Å². The maximum Gasteiger partial charge on any atom is 0.231 e. The van der Waals surface area contributed by atoms with Crippen LogP contribution in [0.4, 0.5) is 0 Å². The van der Waals surface area contributed by atoms with Crippen LogP contribution < -0.4 is 9.47 Å². The summed E-state index contributed by atoms with van der Waals surface area (Å²) < 4.78 is 14.3. The SMILES string of the molecule is CCn1cc(/C=C2\Oc3c(ccc(OCc4ccccc4C)c3C)C2=O)c2ccccc21. The second-order valence-corrected chi connectivity index (χ2v) is 8.11. The van der Waals surface area contributed by atoms with Crippen LogP contribution in [0.25, 0.3) is 17.0 Å². The predicted molar refractivity (Wildman–Crippen MR) is 127 cm³/mol. The van der Waals surface area contributed by atoms with E-state index in [0.717, 1.165) is 39.9 Å². The molecule has 0 spiro atoms. The van der Waals surface area contributed by atoms with Crippen LogP contribution in [0.15, 0.2) is 72.6 Å². The van der Waals surface area contributed by atoms with Crippen LogP contribution in [-0.4, -0.2) is 10.4 Å². The summed E-state index contributed by atoms with van der Waals surface area (Å²) in [6.07, 6.45) is 3.92. The first-order chi connectivity index (χ1) is 15.6. The number of fused-ring (bicyclic) bond motifs is 2. The number of benzene rings is 3. The van der Waals surface area contributed by atoms with E-state index in [-0.39, 0.29) is 5.78 Å². The van der Waals surface area contributed by atoms with Crippen molar-refractivity contribution in [2.45, 2.75) is 33.9 Å². The standard InChI is InChI=1S/C28H25NO3/c1-4-29-16-21(22-11-7-8-12-24(22)29)15-26-27(30)23-13-14-25(19(3)28(23)32-26)31-17-20-10-6-5-9-18(20)2/h5-16H,4,17H2,1-3H3/b26-15-. The molecule has 1 aliphatic rings. The lowest BCUT2D eigenvalue weighted by atomic mass is 10.1. The molecule has 4 aromatic rings. The van der Waals surface area contributed by atoms with Gasteiger partial charge in [-0.15, -0.1) is 0 Å². The molecule has 0 N–H and O–H groups in total. The van der Waals surface area contributed by atoms with E-state index < -0.39 is 0 Å². The first kappa shape index (κ1) is 20.1. The molecule has 0 bridgehead atoms. The lowest BCUT2D eigenvalue weighted by Gasteiger charge is -2.12. The summed E-state index contributed by atoms with van der Waals surface area (Å²) in [7, 11) is 0. The van der Waals surface area contributed by atoms with E-state index in [2.05, 4.69) is 48.9 Å². The highest BCUT2D eigenvalue weighted by Crippen LogP contribution is 2.40.